The fourth-order valence-electron chi connectivity index (χ4n) is 0.499. The molecular weight excluding hydrogens is 176 g/mol. The molecule has 0 radical (unpaired) electrons. The second kappa shape index (κ2) is 6.19. The highest BCUT2D eigenvalue weighted by atomic mass is 16.6. The first-order valence-corrected chi connectivity index (χ1v) is 3.67. The van der Waals surface area contributed by atoms with E-state index in [1.54, 1.807) is 0 Å². The molecule has 0 amide bonds. The third-order valence-electron chi connectivity index (χ3n) is 1.06. The Morgan fingerprint density at radius 1 is 1.46 bits per heavy atom. The van der Waals surface area contributed by atoms with Crippen LogP contribution in [0.2, 0.25) is 0 Å². The average molecular weight is 188 g/mol. The first kappa shape index (κ1) is 11.6. The predicted octanol–water partition coefficient (Wildman–Crippen LogP) is -0.360. The molecule has 0 saturated heterocycles. The summed E-state index contributed by atoms with van der Waals surface area (Å²) in [5.41, 5.74) is 0. The molecule has 13 heavy (non-hydrogen) atoms. The molecule has 0 fully saturated rings. The molecule has 0 aliphatic heterocycles. The van der Waals surface area contributed by atoms with Crippen LogP contribution in [0.15, 0.2) is 12.7 Å². The highest BCUT2D eigenvalue weighted by Gasteiger charge is 2.08. The highest BCUT2D eigenvalue weighted by Crippen LogP contribution is 1.89. The van der Waals surface area contributed by atoms with Gasteiger partial charge in [0.25, 0.3) is 0 Å². The predicted molar refractivity (Wildman–Crippen MR) is 43.8 cm³/mol. The van der Waals surface area contributed by atoms with Crippen LogP contribution in [0.4, 0.5) is 0 Å². The quantitative estimate of drug-likeness (QED) is 0.471. The van der Waals surface area contributed by atoms with Crippen molar-refractivity contribution in [2.75, 3.05) is 13.2 Å². The van der Waals surface area contributed by atoms with Crippen LogP contribution in [0.25, 0.3) is 0 Å². The maximum absolute atomic E-state index is 10.5. The molecule has 0 aromatic rings. The van der Waals surface area contributed by atoms with Crippen molar-refractivity contribution in [1.82, 2.24) is 0 Å². The molecule has 0 aromatic heterocycles. The zero-order valence-corrected chi connectivity index (χ0v) is 7.36. The molecule has 74 valence electrons. The van der Waals surface area contributed by atoms with E-state index in [4.69, 9.17) is 5.11 Å². The van der Waals surface area contributed by atoms with Crippen molar-refractivity contribution in [3.05, 3.63) is 12.7 Å². The maximum atomic E-state index is 10.5. The minimum absolute atomic E-state index is 0.181. The van der Waals surface area contributed by atoms with Crippen LogP contribution in [0.1, 0.15) is 6.92 Å². The molecule has 0 aliphatic carbocycles. The minimum Gasteiger partial charge on any atom is -0.463 e. The van der Waals surface area contributed by atoms with E-state index in [1.807, 2.05) is 0 Å². The number of aliphatic hydroxyl groups is 1. The number of rotatable bonds is 5. The minimum atomic E-state index is -0.993. The number of aliphatic hydroxyl groups excluding tert-OH is 1. The van der Waals surface area contributed by atoms with Gasteiger partial charge in [0.2, 0.25) is 0 Å². The Hall–Kier alpha value is -1.36. The Kier molecular flexibility index (Phi) is 5.54. The van der Waals surface area contributed by atoms with E-state index in [1.165, 1.54) is 6.92 Å². The molecule has 0 aliphatic rings. The average Bonchev–Trinajstić information content (AvgIpc) is 2.10. The van der Waals surface area contributed by atoms with Crippen molar-refractivity contribution >= 4 is 11.9 Å². The molecular formula is C8H12O5. The Morgan fingerprint density at radius 3 is 2.46 bits per heavy atom. The number of carbonyl (C=O) groups excluding carboxylic acids is 2. The molecule has 0 spiro atoms. The first-order chi connectivity index (χ1) is 6.06. The van der Waals surface area contributed by atoms with Crippen molar-refractivity contribution in [2.24, 2.45) is 0 Å². The standard InChI is InChI=1S/C8H12O5/c1-3-8(11)13-5-7(10)4-12-6(2)9/h3,7,10H,1,4-5H2,2H3. The summed E-state index contributed by atoms with van der Waals surface area (Å²) in [6, 6.07) is 0. The third-order valence-corrected chi connectivity index (χ3v) is 1.06. The number of carbonyl (C=O) groups is 2. The first-order valence-electron chi connectivity index (χ1n) is 3.67. The Bertz CT molecular complexity index is 199. The maximum Gasteiger partial charge on any atom is 0.330 e. The summed E-state index contributed by atoms with van der Waals surface area (Å²) in [4.78, 5) is 20.8. The lowest BCUT2D eigenvalue weighted by atomic mass is 10.4. The van der Waals surface area contributed by atoms with Crippen molar-refractivity contribution in [3.63, 3.8) is 0 Å². The van der Waals surface area contributed by atoms with Crippen LogP contribution in [0.3, 0.4) is 0 Å². The summed E-state index contributed by atoms with van der Waals surface area (Å²) in [6.45, 7) is 4.00. The van der Waals surface area contributed by atoms with Gasteiger partial charge >= 0.3 is 11.9 Å². The summed E-state index contributed by atoms with van der Waals surface area (Å²) >= 11 is 0. The van der Waals surface area contributed by atoms with E-state index in [-0.39, 0.29) is 13.2 Å². The van der Waals surface area contributed by atoms with Crippen molar-refractivity contribution in [3.8, 4) is 0 Å². The fourth-order valence-corrected chi connectivity index (χ4v) is 0.499. The van der Waals surface area contributed by atoms with Gasteiger partial charge in [-0.15, -0.1) is 0 Å². The zero-order chi connectivity index (χ0) is 10.3. The lowest BCUT2D eigenvalue weighted by Crippen LogP contribution is -2.24. The van der Waals surface area contributed by atoms with Crippen LogP contribution in [-0.2, 0) is 19.1 Å². The lowest BCUT2D eigenvalue weighted by Gasteiger charge is -2.09. The Morgan fingerprint density at radius 2 is 2.00 bits per heavy atom. The summed E-state index contributed by atoms with van der Waals surface area (Å²) in [6.07, 6.45) is -0.00810. The van der Waals surface area contributed by atoms with Gasteiger partial charge < -0.3 is 14.6 Å². The van der Waals surface area contributed by atoms with Gasteiger partial charge in [-0.2, -0.15) is 0 Å². The highest BCUT2D eigenvalue weighted by molar-refractivity contribution is 5.81. The van der Waals surface area contributed by atoms with Gasteiger partial charge in [0, 0.05) is 13.0 Å². The summed E-state index contributed by atoms with van der Waals surface area (Å²) < 4.78 is 8.95. The van der Waals surface area contributed by atoms with E-state index >= 15 is 0 Å². The lowest BCUT2D eigenvalue weighted by molar-refractivity contribution is -0.148. The molecule has 1 unspecified atom stereocenters. The van der Waals surface area contributed by atoms with Crippen molar-refractivity contribution < 1.29 is 24.2 Å². The molecule has 5 nitrogen and oxygen atoms in total. The van der Waals surface area contributed by atoms with Crippen LogP contribution in [0, 0.1) is 0 Å². The van der Waals surface area contributed by atoms with Gasteiger partial charge in [-0.25, -0.2) is 4.79 Å². The fraction of sp³-hybridized carbons (Fsp3) is 0.500. The molecule has 0 rings (SSSR count). The van der Waals surface area contributed by atoms with E-state index < -0.39 is 18.0 Å². The van der Waals surface area contributed by atoms with Gasteiger partial charge in [-0.05, 0) is 0 Å². The Balaban J connectivity index is 3.50. The topological polar surface area (TPSA) is 72.8 Å². The van der Waals surface area contributed by atoms with Gasteiger partial charge in [0.05, 0.1) is 0 Å². The summed E-state index contributed by atoms with van der Waals surface area (Å²) in [7, 11) is 0. The van der Waals surface area contributed by atoms with Gasteiger partial charge in [-0.3, -0.25) is 4.79 Å². The second-order valence-electron chi connectivity index (χ2n) is 2.29. The van der Waals surface area contributed by atoms with E-state index in [0.717, 1.165) is 6.08 Å². The molecule has 0 aromatic carbocycles. The van der Waals surface area contributed by atoms with Crippen LogP contribution in [0.5, 0.6) is 0 Å². The number of hydrogen-bond acceptors (Lipinski definition) is 5. The third kappa shape index (κ3) is 7.02. The number of ether oxygens (including phenoxy) is 2. The second-order valence-corrected chi connectivity index (χ2v) is 2.29. The largest absolute Gasteiger partial charge is 0.463 e. The molecule has 1 atom stereocenters. The van der Waals surface area contributed by atoms with Gasteiger partial charge in [0.1, 0.15) is 19.3 Å². The summed E-state index contributed by atoms with van der Waals surface area (Å²) in [5.74, 6) is -1.11. The van der Waals surface area contributed by atoms with Gasteiger partial charge in [-0.1, -0.05) is 6.58 Å². The molecule has 0 saturated carbocycles. The number of hydrogen-bond donors (Lipinski definition) is 1. The smallest absolute Gasteiger partial charge is 0.330 e. The van der Waals surface area contributed by atoms with Crippen molar-refractivity contribution in [2.45, 2.75) is 13.0 Å². The normalized spacial score (nSPS) is 11.5. The van der Waals surface area contributed by atoms with E-state index in [9.17, 15) is 9.59 Å². The van der Waals surface area contributed by atoms with Gasteiger partial charge in [0.15, 0.2) is 0 Å². The van der Waals surface area contributed by atoms with Crippen LogP contribution < -0.4 is 0 Å². The monoisotopic (exact) mass is 188 g/mol. The molecule has 1 N–H and O–H groups in total. The Labute approximate surface area is 75.9 Å². The van der Waals surface area contributed by atoms with Crippen LogP contribution in [-0.4, -0.2) is 36.4 Å². The van der Waals surface area contributed by atoms with E-state index in [0.29, 0.717) is 0 Å². The van der Waals surface area contributed by atoms with Crippen LogP contribution >= 0.6 is 0 Å². The van der Waals surface area contributed by atoms with Crippen molar-refractivity contribution in [1.29, 1.82) is 0 Å². The van der Waals surface area contributed by atoms with E-state index in [2.05, 4.69) is 16.1 Å². The number of esters is 2. The zero-order valence-electron chi connectivity index (χ0n) is 7.36. The summed E-state index contributed by atoms with van der Waals surface area (Å²) in [5, 5.41) is 9.05. The SMILES string of the molecule is C=CC(=O)OCC(O)COC(C)=O. The molecule has 0 bridgehead atoms. The molecule has 5 heteroatoms. The molecule has 0 heterocycles.